The molecule has 3 aromatic heterocycles. The van der Waals surface area contributed by atoms with Gasteiger partial charge in [-0.15, -0.1) is 11.3 Å². The summed E-state index contributed by atoms with van der Waals surface area (Å²) in [6.07, 6.45) is -5.25. The Bertz CT molecular complexity index is 1130. The lowest BCUT2D eigenvalue weighted by molar-refractivity contribution is -0.146. The number of nitrogens with zero attached hydrogens (tertiary/aromatic N) is 3. The van der Waals surface area contributed by atoms with Crippen molar-refractivity contribution in [1.82, 2.24) is 14.5 Å². The van der Waals surface area contributed by atoms with Gasteiger partial charge in [0.15, 0.2) is 0 Å². The molecule has 4 nitrogen and oxygen atoms in total. The van der Waals surface area contributed by atoms with E-state index in [4.69, 9.17) is 0 Å². The van der Waals surface area contributed by atoms with Gasteiger partial charge in [-0.2, -0.15) is 26.3 Å². The number of aromatic nitrogens is 3. The van der Waals surface area contributed by atoms with Crippen LogP contribution in [0, 0.1) is 0 Å². The molecule has 0 saturated carbocycles. The van der Waals surface area contributed by atoms with Gasteiger partial charge in [-0.05, 0) is 43.4 Å². The summed E-state index contributed by atoms with van der Waals surface area (Å²) in [5.41, 5.74) is -1.93. The number of thiophene rings is 1. The quantitative estimate of drug-likeness (QED) is 0.394. The summed E-state index contributed by atoms with van der Waals surface area (Å²) in [6, 6.07) is 1.34. The van der Waals surface area contributed by atoms with Gasteiger partial charge in [-0.25, -0.2) is 9.97 Å². The predicted molar refractivity (Wildman–Crippen MR) is 94.3 cm³/mol. The second-order valence-electron chi connectivity index (χ2n) is 6.72. The normalized spacial score (nSPS) is 15.4. The van der Waals surface area contributed by atoms with E-state index in [0.29, 0.717) is 35.2 Å². The van der Waals surface area contributed by atoms with Crippen LogP contribution in [0.2, 0.25) is 0 Å². The maximum absolute atomic E-state index is 13.6. The molecule has 0 radical (unpaired) electrons. The van der Waals surface area contributed by atoms with Gasteiger partial charge in [0.05, 0.1) is 17.3 Å². The average molecular weight is 433 g/mol. The van der Waals surface area contributed by atoms with Crippen molar-refractivity contribution in [2.45, 2.75) is 44.5 Å². The minimum atomic E-state index is -4.97. The Morgan fingerprint density at radius 2 is 1.69 bits per heavy atom. The van der Waals surface area contributed by atoms with E-state index in [9.17, 15) is 31.1 Å². The Balaban J connectivity index is 2.00. The predicted octanol–water partition coefficient (Wildman–Crippen LogP) is 5.15. The Morgan fingerprint density at radius 1 is 0.966 bits per heavy atom. The molecule has 0 fully saturated rings. The molecule has 0 N–H and O–H groups in total. The Hall–Kier alpha value is -2.43. The van der Waals surface area contributed by atoms with Crippen molar-refractivity contribution in [2.24, 2.45) is 0 Å². The highest BCUT2D eigenvalue weighted by Crippen LogP contribution is 2.36. The van der Waals surface area contributed by atoms with Crippen LogP contribution in [0.4, 0.5) is 26.3 Å². The molecule has 0 bridgehead atoms. The Labute approximate surface area is 163 Å². The zero-order chi connectivity index (χ0) is 21.0. The number of halogens is 6. The van der Waals surface area contributed by atoms with Crippen LogP contribution in [0.5, 0.6) is 0 Å². The molecule has 0 atom stereocenters. The summed E-state index contributed by atoms with van der Waals surface area (Å²) in [5.74, 6) is -1.48. The average Bonchev–Trinajstić information content (AvgIpc) is 2.82. The van der Waals surface area contributed by atoms with Gasteiger partial charge in [0.1, 0.15) is 10.5 Å². The van der Waals surface area contributed by atoms with Crippen molar-refractivity contribution < 1.29 is 26.3 Å². The molecule has 29 heavy (non-hydrogen) atoms. The van der Waals surface area contributed by atoms with Crippen LogP contribution in [0.15, 0.2) is 23.1 Å². The first kappa shape index (κ1) is 19.9. The lowest BCUT2D eigenvalue weighted by Gasteiger charge is -2.15. The number of pyridine rings is 1. The summed E-state index contributed by atoms with van der Waals surface area (Å²) in [4.78, 5) is 20.8. The van der Waals surface area contributed by atoms with Crippen LogP contribution in [-0.4, -0.2) is 14.5 Å². The third-order valence-electron chi connectivity index (χ3n) is 4.79. The summed E-state index contributed by atoms with van der Waals surface area (Å²) < 4.78 is 79.5. The monoisotopic (exact) mass is 433 g/mol. The summed E-state index contributed by atoms with van der Waals surface area (Å²) in [6.45, 7) is 0. The molecule has 4 rings (SSSR count). The maximum Gasteiger partial charge on any atom is 0.450 e. The first-order chi connectivity index (χ1) is 13.6. The van der Waals surface area contributed by atoms with E-state index in [1.54, 1.807) is 0 Å². The van der Waals surface area contributed by atoms with Crippen LogP contribution < -0.4 is 5.56 Å². The van der Waals surface area contributed by atoms with Gasteiger partial charge in [0.2, 0.25) is 5.82 Å². The molecule has 3 aromatic rings. The maximum atomic E-state index is 13.6. The number of hydrogen-bond acceptors (Lipinski definition) is 4. The van der Waals surface area contributed by atoms with Crippen molar-refractivity contribution in [3.05, 3.63) is 50.6 Å². The number of rotatable bonds is 1. The molecule has 154 valence electrons. The van der Waals surface area contributed by atoms with Crippen molar-refractivity contribution in [3.8, 4) is 5.69 Å². The molecule has 0 aromatic carbocycles. The molecule has 3 heterocycles. The van der Waals surface area contributed by atoms with Gasteiger partial charge >= 0.3 is 12.4 Å². The standard InChI is InChI=1S/C18H13F6N3OS/c19-17(20,21)12-7-6-9(8-25-12)27-15(28)13-10-4-2-1-3-5-11(10)29-14(13)26-16(27)18(22,23)24/h6-8H,1-5H2. The SMILES string of the molecule is O=c1c2c3c(sc2nc(C(F)(F)F)n1-c1ccc(C(F)(F)F)nc1)CCCCC3. The van der Waals surface area contributed by atoms with Crippen molar-refractivity contribution in [2.75, 3.05) is 0 Å². The number of fused-ring (bicyclic) bond motifs is 3. The highest BCUT2D eigenvalue weighted by atomic mass is 32.1. The molecule has 0 saturated heterocycles. The van der Waals surface area contributed by atoms with Crippen molar-refractivity contribution >= 4 is 21.6 Å². The number of aryl methyl sites for hydroxylation is 2. The largest absolute Gasteiger partial charge is 0.450 e. The van der Waals surface area contributed by atoms with Gasteiger partial charge < -0.3 is 0 Å². The van der Waals surface area contributed by atoms with Crippen LogP contribution in [-0.2, 0) is 25.2 Å². The second-order valence-corrected chi connectivity index (χ2v) is 7.80. The third-order valence-corrected chi connectivity index (χ3v) is 5.97. The van der Waals surface area contributed by atoms with Gasteiger partial charge in [-0.1, -0.05) is 6.42 Å². The topological polar surface area (TPSA) is 47.8 Å². The van der Waals surface area contributed by atoms with E-state index in [2.05, 4.69) is 9.97 Å². The molecule has 11 heteroatoms. The van der Waals surface area contributed by atoms with E-state index in [-0.39, 0.29) is 10.2 Å². The van der Waals surface area contributed by atoms with E-state index < -0.39 is 35.1 Å². The van der Waals surface area contributed by atoms with Crippen LogP contribution >= 0.6 is 11.3 Å². The highest BCUT2D eigenvalue weighted by molar-refractivity contribution is 7.18. The van der Waals surface area contributed by atoms with Crippen molar-refractivity contribution in [1.29, 1.82) is 0 Å². The summed E-state index contributed by atoms with van der Waals surface area (Å²) in [5, 5.41) is 0.111. The van der Waals surface area contributed by atoms with Crippen molar-refractivity contribution in [3.63, 3.8) is 0 Å². The molecule has 0 aliphatic heterocycles. The van der Waals surface area contributed by atoms with E-state index in [0.717, 1.165) is 41.5 Å². The molecule has 1 aliphatic carbocycles. The number of alkyl halides is 6. The Kier molecular flexibility index (Phi) is 4.67. The fourth-order valence-corrected chi connectivity index (χ4v) is 4.75. The lowest BCUT2D eigenvalue weighted by Crippen LogP contribution is -2.29. The summed E-state index contributed by atoms with van der Waals surface area (Å²) >= 11 is 1.08. The van der Waals surface area contributed by atoms with Gasteiger partial charge in [-0.3, -0.25) is 9.36 Å². The summed E-state index contributed by atoms with van der Waals surface area (Å²) in [7, 11) is 0. The number of hydrogen-bond donors (Lipinski definition) is 0. The molecular weight excluding hydrogens is 420 g/mol. The van der Waals surface area contributed by atoms with Crippen LogP contribution in [0.25, 0.3) is 15.9 Å². The van der Waals surface area contributed by atoms with Crippen LogP contribution in [0.1, 0.15) is 41.2 Å². The van der Waals surface area contributed by atoms with Gasteiger partial charge in [0.25, 0.3) is 5.56 Å². The fraction of sp³-hybridized carbons (Fsp3) is 0.389. The smallest absolute Gasteiger partial charge is 0.268 e. The molecule has 0 amide bonds. The van der Waals surface area contributed by atoms with Gasteiger partial charge in [0, 0.05) is 4.88 Å². The highest BCUT2D eigenvalue weighted by Gasteiger charge is 2.39. The third kappa shape index (κ3) is 3.52. The minimum Gasteiger partial charge on any atom is -0.268 e. The van der Waals surface area contributed by atoms with E-state index in [1.165, 1.54) is 0 Å². The second kappa shape index (κ2) is 6.82. The zero-order valence-electron chi connectivity index (χ0n) is 14.7. The zero-order valence-corrected chi connectivity index (χ0v) is 15.5. The minimum absolute atomic E-state index is 0.00495. The molecular formula is C18H13F6N3OS. The lowest BCUT2D eigenvalue weighted by atomic mass is 10.1. The molecule has 1 aliphatic rings. The fourth-order valence-electron chi connectivity index (χ4n) is 3.50. The first-order valence-electron chi connectivity index (χ1n) is 8.75. The molecule has 0 spiro atoms. The first-order valence-corrected chi connectivity index (χ1v) is 9.57. The molecule has 0 unspecified atom stereocenters. The van der Waals surface area contributed by atoms with Crippen LogP contribution in [0.3, 0.4) is 0 Å². The van der Waals surface area contributed by atoms with E-state index in [1.807, 2.05) is 0 Å². The Morgan fingerprint density at radius 3 is 2.31 bits per heavy atom. The van der Waals surface area contributed by atoms with E-state index >= 15 is 0 Å².